The number of hydrogen-bond acceptors (Lipinski definition) is 3. The highest BCUT2D eigenvalue weighted by Crippen LogP contribution is 2.53. The zero-order chi connectivity index (χ0) is 30.7. The first-order valence-electron chi connectivity index (χ1n) is 14.3. The van der Waals surface area contributed by atoms with E-state index in [4.69, 9.17) is 0 Å². The van der Waals surface area contributed by atoms with Crippen LogP contribution in [0.15, 0.2) is 42.5 Å². The Labute approximate surface area is 240 Å². The summed E-state index contributed by atoms with van der Waals surface area (Å²) in [6, 6.07) is 9.10. The van der Waals surface area contributed by atoms with E-state index in [0.717, 1.165) is 11.6 Å². The third kappa shape index (κ3) is 4.92. The minimum absolute atomic E-state index is 0.0463. The zero-order valence-corrected chi connectivity index (χ0v) is 23.5. The molecule has 3 atom stereocenters. The fourth-order valence-corrected chi connectivity index (χ4v) is 7.11. The van der Waals surface area contributed by atoms with Crippen molar-refractivity contribution in [3.63, 3.8) is 0 Å². The average molecular weight is 597 g/mol. The Morgan fingerprint density at radius 3 is 2.24 bits per heavy atom. The molecule has 3 unspecified atom stereocenters. The zero-order valence-electron chi connectivity index (χ0n) is 23.5. The molecule has 1 amide bonds. The van der Waals surface area contributed by atoms with Gasteiger partial charge in [-0.2, -0.15) is 13.2 Å². The molecular formula is C31H34F6N2O3. The number of halogens is 6. The van der Waals surface area contributed by atoms with Gasteiger partial charge in [-0.15, -0.1) is 0 Å². The van der Waals surface area contributed by atoms with Crippen molar-refractivity contribution in [1.82, 2.24) is 4.90 Å². The van der Waals surface area contributed by atoms with E-state index in [1.807, 2.05) is 0 Å². The lowest BCUT2D eigenvalue weighted by Crippen LogP contribution is -2.59. The molecule has 42 heavy (non-hydrogen) atoms. The highest BCUT2D eigenvalue weighted by molar-refractivity contribution is 5.87. The number of carboxylic acid groups (broad SMARTS) is 1. The molecule has 2 aromatic rings. The number of fused-ring (bicyclic) bond motifs is 3. The van der Waals surface area contributed by atoms with Crippen LogP contribution in [0.5, 0.6) is 0 Å². The minimum Gasteiger partial charge on any atom is -0.481 e. The summed E-state index contributed by atoms with van der Waals surface area (Å²) in [5.41, 5.74) is -5.41. The van der Waals surface area contributed by atoms with Gasteiger partial charge in [0, 0.05) is 36.3 Å². The van der Waals surface area contributed by atoms with Crippen molar-refractivity contribution in [3.05, 3.63) is 65.0 Å². The number of benzene rings is 2. The van der Waals surface area contributed by atoms with Crippen LogP contribution in [0.3, 0.4) is 0 Å². The van der Waals surface area contributed by atoms with E-state index in [9.17, 15) is 32.3 Å². The van der Waals surface area contributed by atoms with Gasteiger partial charge >= 0.3 is 12.1 Å². The molecule has 1 saturated carbocycles. The Hall–Kier alpha value is -3.24. The van der Waals surface area contributed by atoms with Crippen LogP contribution in [-0.4, -0.2) is 59.4 Å². The van der Waals surface area contributed by atoms with Crippen LogP contribution < -0.4 is 4.90 Å². The van der Waals surface area contributed by atoms with Crippen LogP contribution in [0.2, 0.25) is 0 Å². The summed E-state index contributed by atoms with van der Waals surface area (Å²) in [5.74, 6) is -2.86. The standard InChI is InChI=1S/C31H34F6N2O3/c1-3-38-18-25-29(17-19-4-7-22(32)8-5-19,23-9-6-21(16-24(23)38)28(2,33)31(35,36)37)14-15-39(25)27(42)30(34)12-10-20(11-13-30)26(40)41/h4-9,16,20,25H,3,10-15,17-18H2,1-2H3,(H,40,41)/t20-,25?,28?,29?,30+. The van der Waals surface area contributed by atoms with Crippen molar-refractivity contribution in [2.45, 2.75) is 81.3 Å². The Kier molecular flexibility index (Phi) is 7.55. The van der Waals surface area contributed by atoms with Gasteiger partial charge in [0.1, 0.15) is 5.82 Å². The smallest absolute Gasteiger partial charge is 0.426 e. The number of hydrogen-bond donors (Lipinski definition) is 1. The van der Waals surface area contributed by atoms with Gasteiger partial charge in [0.25, 0.3) is 5.91 Å². The average Bonchev–Trinajstić information content (AvgIpc) is 3.31. The molecule has 11 heteroatoms. The second-order valence-corrected chi connectivity index (χ2v) is 12.1. The summed E-state index contributed by atoms with van der Waals surface area (Å²) in [7, 11) is 0. The Balaban J connectivity index is 1.58. The van der Waals surface area contributed by atoms with Crippen LogP contribution in [0.1, 0.15) is 62.6 Å². The number of carbonyl (C=O) groups excluding carboxylic acids is 1. The van der Waals surface area contributed by atoms with Gasteiger partial charge in [0.2, 0.25) is 5.67 Å². The fraction of sp³-hybridized carbons (Fsp3) is 0.548. The van der Waals surface area contributed by atoms with Gasteiger partial charge in [-0.25, -0.2) is 13.2 Å². The minimum atomic E-state index is -5.13. The number of alkyl halides is 5. The van der Waals surface area contributed by atoms with Gasteiger partial charge in [0.05, 0.1) is 12.0 Å². The molecule has 5 rings (SSSR count). The molecule has 2 aliphatic heterocycles. The monoisotopic (exact) mass is 596 g/mol. The van der Waals surface area contributed by atoms with Crippen molar-refractivity contribution >= 4 is 17.6 Å². The fourth-order valence-electron chi connectivity index (χ4n) is 7.11. The van der Waals surface area contributed by atoms with E-state index in [1.165, 1.54) is 29.2 Å². The molecule has 2 aromatic carbocycles. The third-order valence-corrected chi connectivity index (χ3v) is 9.74. The topological polar surface area (TPSA) is 60.9 Å². The molecule has 1 N–H and O–H groups in total. The number of anilines is 1. The molecule has 2 fully saturated rings. The second kappa shape index (κ2) is 10.5. The third-order valence-electron chi connectivity index (χ3n) is 9.74. The van der Waals surface area contributed by atoms with Gasteiger partial charge in [-0.05, 0) is 81.7 Å². The maximum absolute atomic E-state index is 16.2. The Bertz CT molecular complexity index is 1350. The summed E-state index contributed by atoms with van der Waals surface area (Å²) < 4.78 is 85.9. The maximum Gasteiger partial charge on any atom is 0.426 e. The SMILES string of the molecule is CCN1CC2N(C(=O)[C@]3(F)CC[C@@H](C(=O)O)CC3)CCC2(Cc2ccc(F)cc2)c2ccc(C(C)(F)C(F)(F)F)cc21. The molecule has 0 spiro atoms. The predicted octanol–water partition coefficient (Wildman–Crippen LogP) is 6.48. The van der Waals surface area contributed by atoms with Crippen molar-refractivity contribution in [2.75, 3.05) is 24.5 Å². The van der Waals surface area contributed by atoms with E-state index in [1.54, 1.807) is 24.0 Å². The van der Waals surface area contributed by atoms with Crippen LogP contribution in [0, 0.1) is 11.7 Å². The quantitative estimate of drug-likeness (QED) is 0.388. The van der Waals surface area contributed by atoms with Crippen molar-refractivity contribution in [3.8, 4) is 0 Å². The first kappa shape index (κ1) is 30.2. The summed E-state index contributed by atoms with van der Waals surface area (Å²) >= 11 is 0. The first-order valence-corrected chi connectivity index (χ1v) is 14.3. The molecule has 228 valence electrons. The van der Waals surface area contributed by atoms with Gasteiger partial charge < -0.3 is 14.9 Å². The van der Waals surface area contributed by atoms with Crippen LogP contribution in [-0.2, 0) is 27.1 Å². The van der Waals surface area contributed by atoms with Crippen molar-refractivity contribution < 1.29 is 41.0 Å². The van der Waals surface area contributed by atoms with Crippen molar-refractivity contribution in [1.29, 1.82) is 0 Å². The van der Waals surface area contributed by atoms with E-state index in [0.29, 0.717) is 37.6 Å². The normalized spacial score (nSPS) is 29.0. The summed E-state index contributed by atoms with van der Waals surface area (Å²) in [6.45, 7) is 2.99. The number of likely N-dealkylation sites (N-methyl/N-ethyl adjacent to an activating group) is 1. The molecule has 2 heterocycles. The number of aliphatic carboxylic acids is 1. The highest BCUT2D eigenvalue weighted by Gasteiger charge is 2.59. The maximum atomic E-state index is 16.2. The van der Waals surface area contributed by atoms with E-state index in [2.05, 4.69) is 0 Å². The molecule has 1 aliphatic carbocycles. The largest absolute Gasteiger partial charge is 0.481 e. The van der Waals surface area contributed by atoms with Crippen LogP contribution in [0.25, 0.3) is 0 Å². The summed E-state index contributed by atoms with van der Waals surface area (Å²) in [4.78, 5) is 28.6. The lowest BCUT2D eigenvalue weighted by atomic mass is 9.66. The van der Waals surface area contributed by atoms with Gasteiger partial charge in [-0.1, -0.05) is 24.3 Å². The second-order valence-electron chi connectivity index (χ2n) is 12.1. The molecular weight excluding hydrogens is 562 g/mol. The highest BCUT2D eigenvalue weighted by atomic mass is 19.4. The number of amides is 1. The van der Waals surface area contributed by atoms with Crippen LogP contribution >= 0.6 is 0 Å². The number of likely N-dealkylation sites (tertiary alicyclic amines) is 1. The summed E-state index contributed by atoms with van der Waals surface area (Å²) in [5, 5.41) is 9.34. The van der Waals surface area contributed by atoms with Crippen molar-refractivity contribution in [2.24, 2.45) is 5.92 Å². The molecule has 1 saturated heterocycles. The van der Waals surface area contributed by atoms with Gasteiger partial charge in [-0.3, -0.25) is 9.59 Å². The van der Waals surface area contributed by atoms with Gasteiger partial charge in [0.15, 0.2) is 5.67 Å². The molecule has 3 aliphatic rings. The Morgan fingerprint density at radius 2 is 1.67 bits per heavy atom. The van der Waals surface area contributed by atoms with E-state index < -0.39 is 58.1 Å². The molecule has 0 aromatic heterocycles. The first-order chi connectivity index (χ1) is 19.6. The Morgan fingerprint density at radius 1 is 1.02 bits per heavy atom. The molecule has 5 nitrogen and oxygen atoms in total. The number of rotatable bonds is 6. The number of nitrogens with zero attached hydrogens (tertiary/aromatic N) is 2. The number of carbonyl (C=O) groups is 2. The number of carboxylic acids is 1. The summed E-state index contributed by atoms with van der Waals surface area (Å²) in [6.07, 6.45) is -4.78. The van der Waals surface area contributed by atoms with E-state index in [-0.39, 0.29) is 38.8 Å². The molecule has 0 radical (unpaired) electrons. The van der Waals surface area contributed by atoms with E-state index >= 15 is 8.78 Å². The lowest BCUT2D eigenvalue weighted by molar-refractivity contribution is -0.228. The predicted molar refractivity (Wildman–Crippen MR) is 144 cm³/mol. The molecule has 0 bridgehead atoms. The van der Waals surface area contributed by atoms with Crippen LogP contribution in [0.4, 0.5) is 32.0 Å². The lowest BCUT2D eigenvalue weighted by Gasteiger charge is -2.49.